The molecule has 2 aromatic rings. The van der Waals surface area contributed by atoms with Gasteiger partial charge in [0.05, 0.1) is 6.61 Å². The minimum atomic E-state index is -4.44. The Labute approximate surface area is 134 Å². The predicted octanol–water partition coefficient (Wildman–Crippen LogP) is 5.36. The third kappa shape index (κ3) is 4.86. The zero-order valence-electron chi connectivity index (χ0n) is 13.2. The van der Waals surface area contributed by atoms with Crippen LogP contribution in [0.3, 0.4) is 0 Å². The Morgan fingerprint density at radius 2 is 1.70 bits per heavy atom. The second-order valence-corrected chi connectivity index (χ2v) is 5.70. The van der Waals surface area contributed by atoms with Crippen molar-refractivity contribution in [1.29, 1.82) is 0 Å². The summed E-state index contributed by atoms with van der Waals surface area (Å²) in [7, 11) is 0. The fourth-order valence-corrected chi connectivity index (χ4v) is 2.43. The maximum absolute atomic E-state index is 12.7. The topological polar surface area (TPSA) is 35.2 Å². The predicted molar refractivity (Wildman–Crippen MR) is 86.6 cm³/mol. The lowest BCUT2D eigenvalue weighted by molar-refractivity contribution is -0.149. The minimum absolute atomic E-state index is 0.0678. The van der Waals surface area contributed by atoms with Gasteiger partial charge in [-0.25, -0.2) is 0 Å². The first-order valence-corrected chi connectivity index (χ1v) is 7.90. The number of ether oxygens (including phenoxy) is 1. The number of benzene rings is 2. The molecule has 0 aliphatic rings. The van der Waals surface area contributed by atoms with Crippen LogP contribution in [-0.2, 0) is 0 Å². The molecule has 0 heterocycles. The lowest BCUT2D eigenvalue weighted by Crippen LogP contribution is -2.28. The molecule has 0 fully saturated rings. The van der Waals surface area contributed by atoms with E-state index in [1.54, 1.807) is 18.2 Å². The van der Waals surface area contributed by atoms with Crippen LogP contribution in [0.1, 0.15) is 44.2 Å². The van der Waals surface area contributed by atoms with Crippen molar-refractivity contribution in [3.05, 3.63) is 42.0 Å². The monoisotopic (exact) mass is 325 g/mol. The summed E-state index contributed by atoms with van der Waals surface area (Å²) in [6.45, 7) is 2.81. The van der Waals surface area contributed by atoms with Crippen molar-refractivity contribution in [2.75, 3.05) is 6.61 Å². The first kappa shape index (κ1) is 17.6. The molecular formula is C18H22F3NO. The molecule has 1 atom stereocenters. The Hall–Kier alpha value is -1.75. The van der Waals surface area contributed by atoms with Gasteiger partial charge in [-0.1, -0.05) is 44.4 Å². The van der Waals surface area contributed by atoms with E-state index in [-0.39, 0.29) is 5.56 Å². The third-order valence-electron chi connectivity index (χ3n) is 3.81. The Morgan fingerprint density at radius 3 is 2.39 bits per heavy atom. The van der Waals surface area contributed by atoms with Gasteiger partial charge in [0.2, 0.25) is 0 Å². The number of rotatable bonds is 7. The van der Waals surface area contributed by atoms with Gasteiger partial charge in [0.1, 0.15) is 11.8 Å². The normalized spacial score (nSPS) is 13.3. The highest BCUT2D eigenvalue weighted by Gasteiger charge is 2.37. The van der Waals surface area contributed by atoms with E-state index < -0.39 is 12.2 Å². The van der Waals surface area contributed by atoms with Crippen molar-refractivity contribution in [3.63, 3.8) is 0 Å². The van der Waals surface area contributed by atoms with Crippen molar-refractivity contribution in [2.45, 2.75) is 44.8 Å². The summed E-state index contributed by atoms with van der Waals surface area (Å²) in [5.74, 6) is 0.738. The molecule has 2 rings (SSSR count). The largest absolute Gasteiger partial charge is 0.494 e. The molecule has 2 nitrogen and oxygen atoms in total. The summed E-state index contributed by atoms with van der Waals surface area (Å²) in [5.41, 5.74) is 5.32. The van der Waals surface area contributed by atoms with Crippen LogP contribution in [0, 0.1) is 0 Å². The van der Waals surface area contributed by atoms with Crippen molar-refractivity contribution in [3.8, 4) is 5.75 Å². The van der Waals surface area contributed by atoms with Crippen molar-refractivity contribution >= 4 is 10.8 Å². The molecule has 0 spiro atoms. The summed E-state index contributed by atoms with van der Waals surface area (Å²) < 4.78 is 43.7. The number of alkyl halides is 3. The molecular weight excluding hydrogens is 303 g/mol. The molecule has 126 valence electrons. The highest BCUT2D eigenvalue weighted by atomic mass is 19.4. The van der Waals surface area contributed by atoms with Gasteiger partial charge in [0, 0.05) is 0 Å². The van der Waals surface area contributed by atoms with Gasteiger partial charge < -0.3 is 10.5 Å². The van der Waals surface area contributed by atoms with E-state index in [1.807, 2.05) is 6.07 Å². The van der Waals surface area contributed by atoms with Crippen molar-refractivity contribution < 1.29 is 17.9 Å². The average Bonchev–Trinajstić information content (AvgIpc) is 2.52. The lowest BCUT2D eigenvalue weighted by Gasteiger charge is -2.16. The van der Waals surface area contributed by atoms with Gasteiger partial charge in [-0.15, -0.1) is 0 Å². The molecule has 0 aliphatic carbocycles. The molecule has 0 aromatic heterocycles. The van der Waals surface area contributed by atoms with Gasteiger partial charge in [-0.2, -0.15) is 13.2 Å². The summed E-state index contributed by atoms with van der Waals surface area (Å²) in [6.07, 6.45) is 0.0882. The summed E-state index contributed by atoms with van der Waals surface area (Å²) in [4.78, 5) is 0. The molecule has 0 saturated carbocycles. The Morgan fingerprint density at radius 1 is 1.00 bits per heavy atom. The van der Waals surface area contributed by atoms with Crippen LogP contribution in [0.2, 0.25) is 0 Å². The molecule has 0 radical (unpaired) electrons. The molecule has 5 heteroatoms. The van der Waals surface area contributed by atoms with Crippen LogP contribution in [0.4, 0.5) is 13.2 Å². The van der Waals surface area contributed by atoms with Gasteiger partial charge in [0.15, 0.2) is 0 Å². The van der Waals surface area contributed by atoms with Crippen LogP contribution < -0.4 is 10.5 Å². The molecule has 0 unspecified atom stereocenters. The van der Waals surface area contributed by atoms with E-state index in [1.165, 1.54) is 25.0 Å². The van der Waals surface area contributed by atoms with Gasteiger partial charge >= 0.3 is 6.18 Å². The maximum Gasteiger partial charge on any atom is 0.407 e. The van der Waals surface area contributed by atoms with Crippen LogP contribution in [0.5, 0.6) is 5.75 Å². The van der Waals surface area contributed by atoms with Crippen LogP contribution >= 0.6 is 0 Å². The molecule has 2 N–H and O–H groups in total. The van der Waals surface area contributed by atoms with E-state index in [0.29, 0.717) is 6.61 Å². The van der Waals surface area contributed by atoms with E-state index in [2.05, 4.69) is 6.92 Å². The Bertz CT molecular complexity index is 640. The number of halogens is 3. The lowest BCUT2D eigenvalue weighted by atomic mass is 10.0. The number of fused-ring (bicyclic) bond motifs is 1. The summed E-state index contributed by atoms with van der Waals surface area (Å²) in [5, 5.41) is 1.56. The second-order valence-electron chi connectivity index (χ2n) is 5.70. The Kier molecular flexibility index (Phi) is 5.88. The fraction of sp³-hybridized carbons (Fsp3) is 0.444. The minimum Gasteiger partial charge on any atom is -0.494 e. The van der Waals surface area contributed by atoms with E-state index >= 15 is 0 Å². The zero-order valence-corrected chi connectivity index (χ0v) is 13.2. The maximum atomic E-state index is 12.7. The standard InChI is InChI=1S/C18H22F3NO/c1-2-3-4-5-10-23-16-9-8-13-11-15(7-6-14(13)12-16)17(22)18(19,20)21/h6-9,11-12,17H,2-5,10,22H2,1H3/t17-/m0/s1. The van der Waals surface area contributed by atoms with Gasteiger partial charge in [0.25, 0.3) is 0 Å². The summed E-state index contributed by atoms with van der Waals surface area (Å²) >= 11 is 0. The van der Waals surface area contributed by atoms with E-state index in [0.717, 1.165) is 29.4 Å². The van der Waals surface area contributed by atoms with E-state index in [9.17, 15) is 13.2 Å². The van der Waals surface area contributed by atoms with Crippen molar-refractivity contribution in [1.82, 2.24) is 0 Å². The number of hydrogen-bond acceptors (Lipinski definition) is 2. The molecule has 0 amide bonds. The molecule has 0 saturated heterocycles. The first-order valence-electron chi connectivity index (χ1n) is 7.90. The van der Waals surface area contributed by atoms with Crippen LogP contribution in [-0.4, -0.2) is 12.8 Å². The Balaban J connectivity index is 2.07. The van der Waals surface area contributed by atoms with Gasteiger partial charge in [-0.3, -0.25) is 0 Å². The molecule has 2 aromatic carbocycles. The molecule has 0 bridgehead atoms. The molecule has 0 aliphatic heterocycles. The highest BCUT2D eigenvalue weighted by molar-refractivity contribution is 5.84. The zero-order chi connectivity index (χ0) is 16.9. The second kappa shape index (κ2) is 7.68. The van der Waals surface area contributed by atoms with Crippen molar-refractivity contribution in [2.24, 2.45) is 5.73 Å². The van der Waals surface area contributed by atoms with E-state index in [4.69, 9.17) is 10.5 Å². The average molecular weight is 325 g/mol. The van der Waals surface area contributed by atoms with Crippen LogP contribution in [0.25, 0.3) is 10.8 Å². The van der Waals surface area contributed by atoms with Crippen LogP contribution in [0.15, 0.2) is 36.4 Å². The SMILES string of the molecule is CCCCCCOc1ccc2cc([C@H](N)C(F)(F)F)ccc2c1. The first-order chi connectivity index (χ1) is 10.9. The number of unbranched alkanes of at least 4 members (excludes halogenated alkanes) is 3. The quantitative estimate of drug-likeness (QED) is 0.695. The fourth-order valence-electron chi connectivity index (χ4n) is 2.43. The smallest absolute Gasteiger partial charge is 0.407 e. The number of nitrogens with two attached hydrogens (primary N) is 1. The number of hydrogen-bond donors (Lipinski definition) is 1. The van der Waals surface area contributed by atoms with Gasteiger partial charge in [-0.05, 0) is 41.0 Å². The highest BCUT2D eigenvalue weighted by Crippen LogP contribution is 2.32. The third-order valence-corrected chi connectivity index (χ3v) is 3.81. The summed E-state index contributed by atoms with van der Waals surface area (Å²) in [6, 6.07) is 8.00. The molecule has 23 heavy (non-hydrogen) atoms.